The Morgan fingerprint density at radius 2 is 0.696 bits per heavy atom. The van der Waals surface area contributed by atoms with Gasteiger partial charge in [-0.15, -0.1) is 22.7 Å². The van der Waals surface area contributed by atoms with E-state index in [0.717, 1.165) is 0 Å². The highest BCUT2D eigenvalue weighted by molar-refractivity contribution is 7.13. The van der Waals surface area contributed by atoms with E-state index in [1.165, 1.54) is 86.6 Å². The first kappa shape index (κ1) is 26.9. The van der Waals surface area contributed by atoms with Crippen LogP contribution >= 0.6 is 22.7 Å². The number of thiazole rings is 2. The van der Waals surface area contributed by atoms with Crippen LogP contribution < -0.4 is 0 Å². The Morgan fingerprint density at radius 3 is 1.17 bits per heavy atom. The van der Waals surface area contributed by atoms with Crippen LogP contribution in [0.25, 0.3) is 86.6 Å². The zero-order chi connectivity index (χ0) is 30.5. The number of hydrogen-bond acceptors (Lipinski definition) is 4. The fourth-order valence-electron chi connectivity index (χ4n) is 6.60. The van der Waals surface area contributed by atoms with E-state index in [0.29, 0.717) is 0 Å². The maximum Gasteiger partial charge on any atom is 0.0797 e. The summed E-state index contributed by atoms with van der Waals surface area (Å²) in [7, 11) is 0. The standard InChI is InChI=1S/C42H26N2S2/c1-2-6-27(7-3-1)30-12-17-37-38-21-31(28-8-4-10-33(18-28)41-23-43-25-45-41)13-15-35(38)36-16-14-32(22-39(36)40(37)20-30)29-9-5-11-34(19-29)42-24-44-26-46-42/h1-26H. The predicted molar refractivity (Wildman–Crippen MR) is 197 cm³/mol. The van der Waals surface area contributed by atoms with E-state index in [-0.39, 0.29) is 0 Å². The van der Waals surface area contributed by atoms with Crippen molar-refractivity contribution in [3.8, 4) is 54.3 Å². The van der Waals surface area contributed by atoms with Crippen molar-refractivity contribution < 1.29 is 0 Å². The molecule has 7 aromatic carbocycles. The first-order valence-corrected chi connectivity index (χ1v) is 17.0. The van der Waals surface area contributed by atoms with E-state index in [1.807, 2.05) is 23.4 Å². The monoisotopic (exact) mass is 622 g/mol. The summed E-state index contributed by atoms with van der Waals surface area (Å²) in [6.45, 7) is 0. The van der Waals surface area contributed by atoms with E-state index < -0.39 is 0 Å². The fourth-order valence-corrected chi connectivity index (χ4v) is 7.84. The third-order valence-corrected chi connectivity index (χ3v) is 10.5. The van der Waals surface area contributed by atoms with Gasteiger partial charge in [0.05, 0.1) is 20.8 Å². The quantitative estimate of drug-likeness (QED) is 0.178. The maximum atomic E-state index is 4.30. The SMILES string of the molecule is c1ccc(-c2ccc3c4cc(-c5cccc(-c6cncs6)c5)ccc4c4ccc(-c5cccc(-c6cncs6)c5)cc4c3c2)cc1. The molecule has 0 N–H and O–H groups in total. The minimum Gasteiger partial charge on any atom is -0.252 e. The summed E-state index contributed by atoms with van der Waals surface area (Å²) in [4.78, 5) is 10.9. The lowest BCUT2D eigenvalue weighted by Gasteiger charge is -2.15. The van der Waals surface area contributed by atoms with Gasteiger partial charge in [0.1, 0.15) is 0 Å². The van der Waals surface area contributed by atoms with Gasteiger partial charge in [-0.05, 0) is 107 Å². The van der Waals surface area contributed by atoms with Gasteiger partial charge in [0, 0.05) is 12.4 Å². The molecule has 0 radical (unpaired) electrons. The van der Waals surface area contributed by atoms with Crippen LogP contribution in [0.5, 0.6) is 0 Å². The highest BCUT2D eigenvalue weighted by Crippen LogP contribution is 2.41. The summed E-state index contributed by atoms with van der Waals surface area (Å²) in [6.07, 6.45) is 3.89. The first-order valence-electron chi connectivity index (χ1n) is 15.3. The van der Waals surface area contributed by atoms with Crippen molar-refractivity contribution in [1.29, 1.82) is 0 Å². The van der Waals surface area contributed by atoms with Gasteiger partial charge in [0.15, 0.2) is 0 Å². The maximum absolute atomic E-state index is 4.30. The predicted octanol–water partition coefficient (Wildman–Crippen LogP) is 12.4. The Kier molecular flexibility index (Phi) is 6.55. The normalized spacial score (nSPS) is 11.5. The molecule has 0 saturated carbocycles. The van der Waals surface area contributed by atoms with Crippen LogP contribution in [0.3, 0.4) is 0 Å². The molecule has 0 atom stereocenters. The van der Waals surface area contributed by atoms with Crippen molar-refractivity contribution in [1.82, 2.24) is 9.97 Å². The molecular formula is C42H26N2S2. The van der Waals surface area contributed by atoms with Gasteiger partial charge in [0.25, 0.3) is 0 Å². The van der Waals surface area contributed by atoms with Gasteiger partial charge in [-0.1, -0.05) is 103 Å². The highest BCUT2D eigenvalue weighted by atomic mass is 32.1. The molecule has 9 aromatic rings. The van der Waals surface area contributed by atoms with Crippen LogP contribution in [0.4, 0.5) is 0 Å². The second-order valence-electron chi connectivity index (χ2n) is 11.5. The fraction of sp³-hybridized carbons (Fsp3) is 0. The number of aromatic nitrogens is 2. The molecule has 46 heavy (non-hydrogen) atoms. The van der Waals surface area contributed by atoms with Gasteiger partial charge in [0.2, 0.25) is 0 Å². The van der Waals surface area contributed by atoms with E-state index in [9.17, 15) is 0 Å². The minimum atomic E-state index is 1.18. The van der Waals surface area contributed by atoms with Crippen LogP contribution in [0, 0.1) is 0 Å². The van der Waals surface area contributed by atoms with Crippen LogP contribution in [0.1, 0.15) is 0 Å². The second kappa shape index (κ2) is 11.2. The zero-order valence-corrected chi connectivity index (χ0v) is 26.4. The Labute approximate surface area is 274 Å². The number of hydrogen-bond donors (Lipinski definition) is 0. The average Bonchev–Trinajstić information content (AvgIpc) is 3.88. The summed E-state index contributed by atoms with van der Waals surface area (Å²) in [5, 5.41) is 7.59. The van der Waals surface area contributed by atoms with Crippen molar-refractivity contribution in [3.63, 3.8) is 0 Å². The molecule has 0 saturated heterocycles. The molecule has 2 aromatic heterocycles. The van der Waals surface area contributed by atoms with Gasteiger partial charge in [-0.3, -0.25) is 9.97 Å². The summed E-state index contributed by atoms with van der Waals surface area (Å²) in [5.41, 5.74) is 13.5. The lowest BCUT2D eigenvalue weighted by molar-refractivity contribution is 1.42. The molecule has 0 amide bonds. The van der Waals surface area contributed by atoms with Gasteiger partial charge in [-0.2, -0.15) is 0 Å². The van der Waals surface area contributed by atoms with Crippen LogP contribution in [-0.2, 0) is 0 Å². The lowest BCUT2D eigenvalue weighted by atomic mass is 9.89. The molecular weight excluding hydrogens is 597 g/mol. The molecule has 9 rings (SSSR count). The molecule has 0 unspecified atom stereocenters. The van der Waals surface area contributed by atoms with Crippen molar-refractivity contribution >= 4 is 55.0 Å². The number of rotatable bonds is 5. The molecule has 4 heteroatoms. The molecule has 2 nitrogen and oxygen atoms in total. The average molecular weight is 623 g/mol. The largest absolute Gasteiger partial charge is 0.252 e. The van der Waals surface area contributed by atoms with E-state index in [4.69, 9.17) is 0 Å². The molecule has 2 heterocycles. The first-order chi connectivity index (χ1) is 22.8. The number of benzene rings is 7. The van der Waals surface area contributed by atoms with Crippen LogP contribution in [-0.4, -0.2) is 9.97 Å². The summed E-state index contributed by atoms with van der Waals surface area (Å²) in [6, 6.07) is 49.1. The lowest BCUT2D eigenvalue weighted by Crippen LogP contribution is -1.88. The van der Waals surface area contributed by atoms with Gasteiger partial charge < -0.3 is 0 Å². The minimum absolute atomic E-state index is 1.18. The number of fused-ring (bicyclic) bond motifs is 6. The Hall–Kier alpha value is -5.42. The molecule has 216 valence electrons. The van der Waals surface area contributed by atoms with E-state index in [2.05, 4.69) is 143 Å². The molecule has 0 bridgehead atoms. The van der Waals surface area contributed by atoms with E-state index >= 15 is 0 Å². The molecule has 0 aliphatic heterocycles. The van der Waals surface area contributed by atoms with Gasteiger partial charge >= 0.3 is 0 Å². The molecule has 0 aliphatic carbocycles. The van der Waals surface area contributed by atoms with Gasteiger partial charge in [-0.25, -0.2) is 0 Å². The zero-order valence-electron chi connectivity index (χ0n) is 24.7. The molecule has 0 aliphatic rings. The molecule has 0 spiro atoms. The topological polar surface area (TPSA) is 25.8 Å². The Balaban J connectivity index is 1.27. The smallest absolute Gasteiger partial charge is 0.0797 e. The van der Waals surface area contributed by atoms with E-state index in [1.54, 1.807) is 22.7 Å². The summed E-state index contributed by atoms with van der Waals surface area (Å²) < 4.78 is 0. The third-order valence-electron chi connectivity index (χ3n) is 8.86. The molecule has 0 fully saturated rings. The van der Waals surface area contributed by atoms with Crippen molar-refractivity contribution in [2.24, 2.45) is 0 Å². The Bertz CT molecular complexity index is 2520. The van der Waals surface area contributed by atoms with Crippen LogP contribution in [0.15, 0.2) is 157 Å². The number of nitrogens with zero attached hydrogens (tertiary/aromatic N) is 2. The highest BCUT2D eigenvalue weighted by Gasteiger charge is 2.14. The Morgan fingerprint density at radius 1 is 0.304 bits per heavy atom. The third kappa shape index (κ3) is 4.71. The summed E-state index contributed by atoms with van der Waals surface area (Å²) >= 11 is 3.34. The second-order valence-corrected chi connectivity index (χ2v) is 13.3. The van der Waals surface area contributed by atoms with Crippen LogP contribution in [0.2, 0.25) is 0 Å². The summed E-state index contributed by atoms with van der Waals surface area (Å²) in [5.74, 6) is 0. The van der Waals surface area contributed by atoms with Crippen molar-refractivity contribution in [2.75, 3.05) is 0 Å². The van der Waals surface area contributed by atoms with Crippen molar-refractivity contribution in [2.45, 2.75) is 0 Å². The van der Waals surface area contributed by atoms with Crippen molar-refractivity contribution in [3.05, 3.63) is 157 Å².